The molecule has 0 spiro atoms. The molecular formula is C21H27F2N3O2. The van der Waals surface area contributed by atoms with E-state index in [1.54, 1.807) is 21.3 Å². The third kappa shape index (κ3) is 5.84. The lowest BCUT2D eigenvalue weighted by Gasteiger charge is -2.17. The zero-order valence-electron chi connectivity index (χ0n) is 16.7. The zero-order valence-corrected chi connectivity index (χ0v) is 16.7. The summed E-state index contributed by atoms with van der Waals surface area (Å²) < 4.78 is 37.5. The van der Waals surface area contributed by atoms with Gasteiger partial charge in [0.05, 0.1) is 14.2 Å². The van der Waals surface area contributed by atoms with Crippen molar-refractivity contribution in [3.63, 3.8) is 0 Å². The summed E-state index contributed by atoms with van der Waals surface area (Å²) in [5.41, 5.74) is 1.57. The standard InChI is InChI=1S/C21H27F2N3O2/c1-14(17-7-6-16(22)12-18(17)23)13-26-21(24-2)25-10-9-15-5-8-19(27-3)20(11-15)28-4/h5-8,11-12,14H,9-10,13H2,1-4H3,(H2,24,25,26). The highest BCUT2D eigenvalue weighted by Crippen LogP contribution is 2.27. The Kier molecular flexibility index (Phi) is 8.04. The zero-order chi connectivity index (χ0) is 20.5. The highest BCUT2D eigenvalue weighted by Gasteiger charge is 2.12. The Hall–Kier alpha value is -2.83. The molecule has 5 nitrogen and oxygen atoms in total. The second-order valence-electron chi connectivity index (χ2n) is 6.39. The van der Waals surface area contributed by atoms with E-state index in [9.17, 15) is 8.78 Å². The number of ether oxygens (including phenoxy) is 2. The van der Waals surface area contributed by atoms with Gasteiger partial charge in [-0.05, 0) is 35.7 Å². The number of guanidine groups is 1. The Balaban J connectivity index is 1.84. The third-order valence-corrected chi connectivity index (χ3v) is 4.45. The Morgan fingerprint density at radius 3 is 2.43 bits per heavy atom. The Bertz CT molecular complexity index is 812. The number of aliphatic imine (C=N–C) groups is 1. The lowest BCUT2D eigenvalue weighted by atomic mass is 10.0. The molecule has 2 aromatic rings. The molecule has 2 rings (SSSR count). The summed E-state index contributed by atoms with van der Waals surface area (Å²) in [4.78, 5) is 4.18. The van der Waals surface area contributed by atoms with E-state index in [4.69, 9.17) is 9.47 Å². The molecule has 7 heteroatoms. The lowest BCUT2D eigenvalue weighted by Crippen LogP contribution is -2.40. The van der Waals surface area contributed by atoms with Gasteiger partial charge in [-0.2, -0.15) is 0 Å². The molecule has 0 aliphatic carbocycles. The summed E-state index contributed by atoms with van der Waals surface area (Å²) in [5, 5.41) is 6.40. The molecule has 2 N–H and O–H groups in total. The van der Waals surface area contributed by atoms with E-state index >= 15 is 0 Å². The fourth-order valence-electron chi connectivity index (χ4n) is 2.84. The summed E-state index contributed by atoms with van der Waals surface area (Å²) >= 11 is 0. The minimum Gasteiger partial charge on any atom is -0.493 e. The molecule has 0 saturated carbocycles. The van der Waals surface area contributed by atoms with Gasteiger partial charge in [0, 0.05) is 32.1 Å². The number of nitrogens with zero attached hydrogens (tertiary/aromatic N) is 1. The van der Waals surface area contributed by atoms with Crippen LogP contribution in [0.5, 0.6) is 11.5 Å². The van der Waals surface area contributed by atoms with Crippen LogP contribution in [0.15, 0.2) is 41.4 Å². The van der Waals surface area contributed by atoms with Gasteiger partial charge in [-0.15, -0.1) is 0 Å². The number of nitrogens with one attached hydrogen (secondary N) is 2. The average Bonchev–Trinajstić information content (AvgIpc) is 2.70. The first-order chi connectivity index (χ1) is 13.5. The highest BCUT2D eigenvalue weighted by atomic mass is 19.1. The molecule has 152 valence electrons. The molecule has 0 bridgehead atoms. The van der Waals surface area contributed by atoms with Crippen LogP contribution >= 0.6 is 0 Å². The number of benzene rings is 2. The second-order valence-corrected chi connectivity index (χ2v) is 6.39. The van der Waals surface area contributed by atoms with Crippen molar-refractivity contribution in [1.29, 1.82) is 0 Å². The van der Waals surface area contributed by atoms with Crippen LogP contribution in [0, 0.1) is 11.6 Å². The monoisotopic (exact) mass is 391 g/mol. The van der Waals surface area contributed by atoms with Gasteiger partial charge in [-0.25, -0.2) is 8.78 Å². The summed E-state index contributed by atoms with van der Waals surface area (Å²) in [5.74, 6) is 0.760. The first kappa shape index (κ1) is 21.5. The van der Waals surface area contributed by atoms with Gasteiger partial charge in [0.25, 0.3) is 0 Å². The summed E-state index contributed by atoms with van der Waals surface area (Å²) in [6.07, 6.45) is 0.767. The van der Waals surface area contributed by atoms with Crippen LogP contribution < -0.4 is 20.1 Å². The second kappa shape index (κ2) is 10.5. The largest absolute Gasteiger partial charge is 0.493 e. The number of methoxy groups -OCH3 is 2. The van der Waals surface area contributed by atoms with Crippen molar-refractivity contribution in [3.05, 3.63) is 59.2 Å². The third-order valence-electron chi connectivity index (χ3n) is 4.45. The minimum atomic E-state index is -0.575. The van der Waals surface area contributed by atoms with Crippen molar-refractivity contribution in [2.45, 2.75) is 19.3 Å². The average molecular weight is 391 g/mol. The van der Waals surface area contributed by atoms with E-state index in [0.29, 0.717) is 36.1 Å². The summed E-state index contributed by atoms with van der Waals surface area (Å²) in [7, 11) is 4.89. The van der Waals surface area contributed by atoms with Crippen LogP contribution in [0.3, 0.4) is 0 Å². The fourth-order valence-corrected chi connectivity index (χ4v) is 2.84. The maximum absolute atomic E-state index is 13.9. The maximum Gasteiger partial charge on any atom is 0.191 e. The van der Waals surface area contributed by atoms with Crippen molar-refractivity contribution in [2.75, 3.05) is 34.4 Å². The normalized spacial score (nSPS) is 12.4. The van der Waals surface area contributed by atoms with Gasteiger partial charge >= 0.3 is 0 Å². The molecule has 28 heavy (non-hydrogen) atoms. The number of hydrogen-bond acceptors (Lipinski definition) is 3. The summed E-state index contributed by atoms with van der Waals surface area (Å²) in [6.45, 7) is 3.01. The highest BCUT2D eigenvalue weighted by molar-refractivity contribution is 5.79. The van der Waals surface area contributed by atoms with Crippen LogP contribution in [0.4, 0.5) is 8.78 Å². The molecule has 0 aliphatic rings. The first-order valence-electron chi connectivity index (χ1n) is 9.08. The number of rotatable bonds is 8. The molecule has 0 aliphatic heterocycles. The van der Waals surface area contributed by atoms with Crippen molar-refractivity contribution in [1.82, 2.24) is 10.6 Å². The van der Waals surface area contributed by atoms with E-state index < -0.39 is 11.6 Å². The Labute approximate surface area is 164 Å². The van der Waals surface area contributed by atoms with Crippen molar-refractivity contribution >= 4 is 5.96 Å². The molecule has 0 radical (unpaired) electrons. The predicted octanol–water partition coefficient (Wildman–Crippen LogP) is 3.49. The topological polar surface area (TPSA) is 54.9 Å². The predicted molar refractivity (Wildman–Crippen MR) is 107 cm³/mol. The molecule has 0 amide bonds. The van der Waals surface area contributed by atoms with E-state index in [2.05, 4.69) is 15.6 Å². The van der Waals surface area contributed by atoms with Gasteiger partial charge in [-0.3, -0.25) is 4.99 Å². The van der Waals surface area contributed by atoms with Gasteiger partial charge in [-0.1, -0.05) is 19.1 Å². The van der Waals surface area contributed by atoms with E-state index in [1.807, 2.05) is 25.1 Å². The van der Waals surface area contributed by atoms with Crippen LogP contribution in [0.25, 0.3) is 0 Å². The Morgan fingerprint density at radius 2 is 1.79 bits per heavy atom. The van der Waals surface area contributed by atoms with Gasteiger partial charge < -0.3 is 20.1 Å². The molecule has 0 heterocycles. The number of halogens is 2. The van der Waals surface area contributed by atoms with Crippen LogP contribution in [0.1, 0.15) is 24.0 Å². The minimum absolute atomic E-state index is 0.134. The smallest absolute Gasteiger partial charge is 0.191 e. The molecule has 1 atom stereocenters. The molecule has 2 aromatic carbocycles. The SMILES string of the molecule is CN=C(NCCc1ccc(OC)c(OC)c1)NCC(C)c1ccc(F)cc1F. The van der Waals surface area contributed by atoms with E-state index in [-0.39, 0.29) is 5.92 Å². The molecule has 0 fully saturated rings. The lowest BCUT2D eigenvalue weighted by molar-refractivity contribution is 0.354. The molecule has 0 aromatic heterocycles. The van der Waals surface area contributed by atoms with Crippen LogP contribution in [-0.4, -0.2) is 40.3 Å². The van der Waals surface area contributed by atoms with Crippen molar-refractivity contribution in [3.8, 4) is 11.5 Å². The molecule has 0 saturated heterocycles. The molecular weight excluding hydrogens is 364 g/mol. The van der Waals surface area contributed by atoms with Crippen molar-refractivity contribution in [2.24, 2.45) is 4.99 Å². The fraction of sp³-hybridized carbons (Fsp3) is 0.381. The van der Waals surface area contributed by atoms with Gasteiger partial charge in [0.15, 0.2) is 17.5 Å². The Morgan fingerprint density at radius 1 is 1.04 bits per heavy atom. The molecule has 1 unspecified atom stereocenters. The van der Waals surface area contributed by atoms with E-state index in [0.717, 1.165) is 18.1 Å². The maximum atomic E-state index is 13.9. The van der Waals surface area contributed by atoms with Gasteiger partial charge in [0.1, 0.15) is 11.6 Å². The van der Waals surface area contributed by atoms with Gasteiger partial charge in [0.2, 0.25) is 0 Å². The number of hydrogen-bond donors (Lipinski definition) is 2. The van der Waals surface area contributed by atoms with E-state index in [1.165, 1.54) is 12.1 Å². The van der Waals surface area contributed by atoms with Crippen LogP contribution in [-0.2, 0) is 6.42 Å². The van der Waals surface area contributed by atoms with Crippen LogP contribution in [0.2, 0.25) is 0 Å². The summed E-state index contributed by atoms with van der Waals surface area (Å²) in [6, 6.07) is 9.45. The van der Waals surface area contributed by atoms with Crippen molar-refractivity contribution < 1.29 is 18.3 Å². The first-order valence-corrected chi connectivity index (χ1v) is 9.08. The quantitative estimate of drug-likeness (QED) is 0.534.